The van der Waals surface area contributed by atoms with E-state index in [1.165, 1.54) is 0 Å². The molecule has 0 unspecified atom stereocenters. The van der Waals surface area contributed by atoms with Crippen LogP contribution in [0.4, 0.5) is 0 Å². The summed E-state index contributed by atoms with van der Waals surface area (Å²) in [6.07, 6.45) is 13.2. The lowest BCUT2D eigenvalue weighted by atomic mass is 9.97. The third kappa shape index (κ3) is 14.9. The van der Waals surface area contributed by atoms with E-state index in [-0.39, 0.29) is 49.0 Å². The van der Waals surface area contributed by atoms with Gasteiger partial charge in [-0.15, -0.1) is 0 Å². The summed E-state index contributed by atoms with van der Waals surface area (Å²) in [6.45, 7) is 7.99. The highest BCUT2D eigenvalue weighted by molar-refractivity contribution is 5.96. The number of primary amides is 1. The molecule has 1 saturated heterocycles. The summed E-state index contributed by atoms with van der Waals surface area (Å²) in [5.41, 5.74) is 10.9. The van der Waals surface area contributed by atoms with Crippen molar-refractivity contribution in [2.24, 2.45) is 23.3 Å². The molecule has 2 rings (SSSR count). The van der Waals surface area contributed by atoms with Crippen molar-refractivity contribution in [3.8, 4) is 0 Å². The zero-order chi connectivity index (χ0) is 37.9. The molecule has 0 aliphatic carbocycles. The van der Waals surface area contributed by atoms with Crippen LogP contribution in [0.15, 0.2) is 12.2 Å². The lowest BCUT2D eigenvalue weighted by Gasteiger charge is -2.30. The van der Waals surface area contributed by atoms with Crippen molar-refractivity contribution in [1.29, 1.82) is 5.41 Å². The minimum atomic E-state index is -1.09. The molecule has 6 amide bonds. The highest BCUT2D eigenvalue weighted by Gasteiger charge is 2.38. The van der Waals surface area contributed by atoms with E-state index in [9.17, 15) is 28.8 Å². The number of carbonyl (C=O) groups excluding carboxylic acids is 6. The van der Waals surface area contributed by atoms with Crippen LogP contribution in [-0.2, 0) is 28.8 Å². The molecule has 2 heterocycles. The number of fused-ring (bicyclic) bond motifs is 1. The van der Waals surface area contributed by atoms with Gasteiger partial charge in [-0.1, -0.05) is 72.0 Å². The van der Waals surface area contributed by atoms with Crippen LogP contribution in [0.1, 0.15) is 118 Å². The van der Waals surface area contributed by atoms with E-state index < -0.39 is 53.8 Å². The number of hydrogen-bond donors (Lipinski definition) is 8. The zero-order valence-electron chi connectivity index (χ0n) is 31.1. The van der Waals surface area contributed by atoms with Crippen molar-refractivity contribution in [2.75, 3.05) is 13.1 Å². The molecule has 1 fully saturated rings. The van der Waals surface area contributed by atoms with Crippen LogP contribution in [0.3, 0.4) is 0 Å². The molecule has 288 valence electrons. The van der Waals surface area contributed by atoms with Gasteiger partial charge in [0.1, 0.15) is 30.2 Å². The van der Waals surface area contributed by atoms with Gasteiger partial charge in [0.25, 0.3) is 0 Å². The second kappa shape index (κ2) is 22.6. The Balaban J connectivity index is 2.36. The zero-order valence-corrected chi connectivity index (χ0v) is 31.1. The molecule has 0 radical (unpaired) electrons. The van der Waals surface area contributed by atoms with Crippen molar-refractivity contribution in [1.82, 2.24) is 31.5 Å². The molecule has 2 aliphatic rings. The van der Waals surface area contributed by atoms with Crippen LogP contribution in [0.2, 0.25) is 0 Å². The van der Waals surface area contributed by atoms with Crippen molar-refractivity contribution in [3.63, 3.8) is 0 Å². The highest BCUT2D eigenvalue weighted by Crippen LogP contribution is 2.21. The third-order valence-corrected chi connectivity index (χ3v) is 9.74. The molecule has 0 bridgehead atoms. The lowest BCUT2D eigenvalue weighted by molar-refractivity contribution is -0.140. The van der Waals surface area contributed by atoms with E-state index in [4.69, 9.17) is 16.9 Å². The summed E-state index contributed by atoms with van der Waals surface area (Å²) >= 11 is 0. The second-order valence-corrected chi connectivity index (χ2v) is 14.2. The Morgan fingerprint density at radius 1 is 0.941 bits per heavy atom. The Morgan fingerprint density at radius 3 is 2.27 bits per heavy atom. The standard InChI is InChI=1S/C36H63N9O6/c1-5-24(4)30-35(51)42-25(32(48)41-26(18-15-21-40-36(38)39)33(49)43-29(23(2)3)31(37)47)17-13-11-9-7-6-8-10-12-14-20-28(46)45-22-16-19-27(45)34(50)44-30/h11,13,23-27,29-30H,5-10,12,14-22H2,1-4H3,(H2,37,47)(H,41,48)(H,42,51)(H,43,49)(H,44,50)(H4,38,39,40)/b13-11+/t24-,25+,26+,27+,29+,30+/m1/s1. The fourth-order valence-corrected chi connectivity index (χ4v) is 6.41. The predicted octanol–water partition coefficient (Wildman–Crippen LogP) is 1.45. The number of carbonyl (C=O) groups is 6. The quantitative estimate of drug-likeness (QED) is 0.0634. The first kappa shape index (κ1) is 43.0. The minimum Gasteiger partial charge on any atom is -0.370 e. The SMILES string of the molecule is CC[C@@H](C)[C@@H]1NC(=O)[C@@H]2CCCN2C(=O)CCCCCCCC/C=C/C[C@@H](C(=O)N[C@@H](CCCNC(=N)N)C(=O)N[C@H](C(N)=O)C(C)C)NC1=O. The first-order chi connectivity index (χ1) is 24.3. The van der Waals surface area contributed by atoms with Gasteiger partial charge in [-0.2, -0.15) is 0 Å². The van der Waals surface area contributed by atoms with E-state index in [0.717, 1.165) is 44.9 Å². The molecule has 15 heteroatoms. The maximum Gasteiger partial charge on any atom is 0.243 e. The van der Waals surface area contributed by atoms with Gasteiger partial charge in [-0.05, 0) is 63.2 Å². The topological polar surface area (TPSA) is 242 Å². The Morgan fingerprint density at radius 2 is 1.63 bits per heavy atom. The molecule has 0 spiro atoms. The van der Waals surface area contributed by atoms with E-state index in [1.807, 2.05) is 26.0 Å². The normalized spacial score (nSPS) is 23.8. The first-order valence-electron chi connectivity index (χ1n) is 18.8. The van der Waals surface area contributed by atoms with Crippen molar-refractivity contribution >= 4 is 41.4 Å². The first-order valence-corrected chi connectivity index (χ1v) is 18.8. The number of guanidine groups is 1. The Bertz CT molecular complexity index is 1230. The molecule has 10 N–H and O–H groups in total. The maximum absolute atomic E-state index is 13.9. The smallest absolute Gasteiger partial charge is 0.243 e. The Labute approximate surface area is 303 Å². The number of rotatable bonds is 12. The third-order valence-electron chi connectivity index (χ3n) is 9.74. The van der Waals surface area contributed by atoms with Gasteiger partial charge in [0.2, 0.25) is 35.4 Å². The molecule has 51 heavy (non-hydrogen) atoms. The fourth-order valence-electron chi connectivity index (χ4n) is 6.41. The second-order valence-electron chi connectivity index (χ2n) is 14.2. The largest absolute Gasteiger partial charge is 0.370 e. The van der Waals surface area contributed by atoms with Crippen LogP contribution in [0.25, 0.3) is 0 Å². The molecule has 0 aromatic heterocycles. The molecular formula is C36H63N9O6. The summed E-state index contributed by atoms with van der Waals surface area (Å²) in [5.74, 6) is -3.73. The van der Waals surface area contributed by atoms with E-state index >= 15 is 0 Å². The van der Waals surface area contributed by atoms with Gasteiger partial charge in [-0.3, -0.25) is 34.2 Å². The van der Waals surface area contributed by atoms with Crippen LogP contribution in [0.5, 0.6) is 0 Å². The van der Waals surface area contributed by atoms with Gasteiger partial charge in [0.05, 0.1) is 0 Å². The highest BCUT2D eigenvalue weighted by atomic mass is 16.2. The van der Waals surface area contributed by atoms with E-state index in [1.54, 1.807) is 18.7 Å². The van der Waals surface area contributed by atoms with E-state index in [2.05, 4.69) is 26.6 Å². The molecule has 0 aromatic rings. The summed E-state index contributed by atoms with van der Waals surface area (Å²) in [4.78, 5) is 81.7. The fraction of sp³-hybridized carbons (Fsp3) is 0.750. The summed E-state index contributed by atoms with van der Waals surface area (Å²) in [5, 5.41) is 21.2. The monoisotopic (exact) mass is 717 g/mol. The van der Waals surface area contributed by atoms with Gasteiger partial charge in [0, 0.05) is 19.5 Å². The number of hydrogen-bond acceptors (Lipinski definition) is 7. The van der Waals surface area contributed by atoms with Gasteiger partial charge < -0.3 is 43.0 Å². The minimum absolute atomic E-state index is 0.0420. The molecule has 0 aromatic carbocycles. The van der Waals surface area contributed by atoms with E-state index in [0.29, 0.717) is 38.6 Å². The van der Waals surface area contributed by atoms with Gasteiger partial charge in [0.15, 0.2) is 5.96 Å². The number of nitrogens with one attached hydrogen (secondary N) is 6. The van der Waals surface area contributed by atoms with Crippen LogP contribution in [-0.4, -0.2) is 89.6 Å². The molecular weight excluding hydrogens is 654 g/mol. The van der Waals surface area contributed by atoms with Gasteiger partial charge >= 0.3 is 0 Å². The number of nitrogens with two attached hydrogens (primary N) is 2. The summed E-state index contributed by atoms with van der Waals surface area (Å²) in [6, 6.07) is -4.77. The van der Waals surface area contributed by atoms with Crippen LogP contribution in [0, 0.1) is 17.2 Å². The van der Waals surface area contributed by atoms with Crippen molar-refractivity contribution in [3.05, 3.63) is 12.2 Å². The molecule has 6 atom stereocenters. The molecule has 2 aliphatic heterocycles. The number of allylic oxidation sites excluding steroid dienone is 1. The Hall–Kier alpha value is -4.17. The maximum atomic E-state index is 13.9. The predicted molar refractivity (Wildman–Crippen MR) is 196 cm³/mol. The number of amides is 6. The van der Waals surface area contributed by atoms with Crippen LogP contribution >= 0.6 is 0 Å². The Kier molecular flexibility index (Phi) is 19.1. The number of nitrogens with zero attached hydrogens (tertiary/aromatic N) is 1. The average Bonchev–Trinajstić information content (AvgIpc) is 3.58. The summed E-state index contributed by atoms with van der Waals surface area (Å²) in [7, 11) is 0. The van der Waals surface area contributed by atoms with Gasteiger partial charge in [-0.25, -0.2) is 0 Å². The molecule has 0 saturated carbocycles. The molecule has 15 nitrogen and oxygen atoms in total. The van der Waals surface area contributed by atoms with Crippen LogP contribution < -0.4 is 38.1 Å². The average molecular weight is 718 g/mol. The lowest BCUT2D eigenvalue weighted by Crippen LogP contribution is -2.60. The summed E-state index contributed by atoms with van der Waals surface area (Å²) < 4.78 is 0. The van der Waals surface area contributed by atoms with Crippen molar-refractivity contribution < 1.29 is 28.8 Å². The van der Waals surface area contributed by atoms with Crippen molar-refractivity contribution in [2.45, 2.75) is 148 Å².